The summed E-state index contributed by atoms with van der Waals surface area (Å²) in [5, 5.41) is 3.12. The minimum atomic E-state index is -3.76. The molecule has 0 atom stereocenters. The molecule has 2 N–H and O–H groups in total. The zero-order chi connectivity index (χ0) is 17.0. The largest absolute Gasteiger partial charge is 0.324 e. The van der Waals surface area contributed by atoms with Crippen molar-refractivity contribution in [3.63, 3.8) is 0 Å². The number of nitrogens with one attached hydrogen (secondary N) is 2. The topological polar surface area (TPSA) is 75.3 Å². The number of amides is 1. The van der Waals surface area contributed by atoms with E-state index in [9.17, 15) is 13.2 Å². The highest BCUT2D eigenvalue weighted by Gasteiger charge is 2.16. The summed E-state index contributed by atoms with van der Waals surface area (Å²) in [4.78, 5) is 11.9. The molecule has 0 radical (unpaired) electrons. The third kappa shape index (κ3) is 4.83. The van der Waals surface area contributed by atoms with E-state index in [0.717, 1.165) is 0 Å². The van der Waals surface area contributed by atoms with Crippen molar-refractivity contribution < 1.29 is 13.2 Å². The standard InChI is InChI=1S/C14H11Cl3N2O3S/c15-10-6-12(17)13(7-11(10)16)19-14(20)8-18-23(21,22)9-4-2-1-3-5-9/h1-7,18H,8H2,(H,19,20). The smallest absolute Gasteiger partial charge is 0.241 e. The third-order valence-electron chi connectivity index (χ3n) is 2.76. The Bertz CT molecular complexity index is 827. The van der Waals surface area contributed by atoms with E-state index >= 15 is 0 Å². The van der Waals surface area contributed by atoms with Crippen molar-refractivity contribution in [1.82, 2.24) is 4.72 Å². The van der Waals surface area contributed by atoms with Gasteiger partial charge in [-0.25, -0.2) is 13.1 Å². The number of hydrogen-bond acceptors (Lipinski definition) is 3. The first-order valence-electron chi connectivity index (χ1n) is 6.29. The summed E-state index contributed by atoms with van der Waals surface area (Å²) in [6, 6.07) is 10.5. The van der Waals surface area contributed by atoms with Crippen LogP contribution in [0.5, 0.6) is 0 Å². The molecule has 9 heteroatoms. The molecule has 0 aliphatic carbocycles. The number of carbonyl (C=O) groups is 1. The highest BCUT2D eigenvalue weighted by molar-refractivity contribution is 7.89. The van der Waals surface area contributed by atoms with E-state index in [1.165, 1.54) is 24.3 Å². The summed E-state index contributed by atoms with van der Waals surface area (Å²) >= 11 is 17.6. The summed E-state index contributed by atoms with van der Waals surface area (Å²) in [5.74, 6) is -0.593. The molecule has 0 saturated carbocycles. The van der Waals surface area contributed by atoms with Crippen molar-refractivity contribution >= 4 is 56.4 Å². The van der Waals surface area contributed by atoms with Crippen LogP contribution in [0.2, 0.25) is 15.1 Å². The van der Waals surface area contributed by atoms with Gasteiger partial charge in [-0.15, -0.1) is 0 Å². The van der Waals surface area contributed by atoms with Crippen LogP contribution in [0, 0.1) is 0 Å². The van der Waals surface area contributed by atoms with Gasteiger partial charge in [0.2, 0.25) is 15.9 Å². The normalized spacial score (nSPS) is 11.3. The lowest BCUT2D eigenvalue weighted by molar-refractivity contribution is -0.115. The van der Waals surface area contributed by atoms with Crippen LogP contribution in [0.3, 0.4) is 0 Å². The Morgan fingerprint density at radius 2 is 1.57 bits per heavy atom. The SMILES string of the molecule is O=C(CNS(=O)(=O)c1ccccc1)Nc1cc(Cl)c(Cl)cc1Cl. The molecule has 0 unspecified atom stereocenters. The number of rotatable bonds is 5. The van der Waals surface area contributed by atoms with E-state index in [1.807, 2.05) is 0 Å². The summed E-state index contributed by atoms with van der Waals surface area (Å²) in [6.07, 6.45) is 0. The van der Waals surface area contributed by atoms with Crippen LogP contribution in [0.25, 0.3) is 0 Å². The Labute approximate surface area is 148 Å². The predicted molar refractivity (Wildman–Crippen MR) is 91.7 cm³/mol. The predicted octanol–water partition coefficient (Wildman–Crippen LogP) is 3.56. The van der Waals surface area contributed by atoms with Crippen LogP contribution in [-0.2, 0) is 14.8 Å². The van der Waals surface area contributed by atoms with Crippen molar-refractivity contribution in [2.45, 2.75) is 4.90 Å². The van der Waals surface area contributed by atoms with Gasteiger partial charge in [-0.2, -0.15) is 0 Å². The fraction of sp³-hybridized carbons (Fsp3) is 0.0714. The van der Waals surface area contributed by atoms with E-state index in [0.29, 0.717) is 0 Å². The maximum atomic E-state index is 12.0. The van der Waals surface area contributed by atoms with E-state index in [-0.39, 0.29) is 25.7 Å². The molecule has 1 amide bonds. The maximum absolute atomic E-state index is 12.0. The zero-order valence-corrected chi connectivity index (χ0v) is 14.6. The monoisotopic (exact) mass is 392 g/mol. The number of sulfonamides is 1. The van der Waals surface area contributed by atoms with Crippen molar-refractivity contribution in [2.75, 3.05) is 11.9 Å². The molecule has 0 fully saturated rings. The first kappa shape index (κ1) is 18.0. The maximum Gasteiger partial charge on any atom is 0.241 e. The Morgan fingerprint density at radius 3 is 2.22 bits per heavy atom. The highest BCUT2D eigenvalue weighted by Crippen LogP contribution is 2.32. The molecule has 0 heterocycles. The molecule has 0 bridgehead atoms. The number of hydrogen-bond donors (Lipinski definition) is 2. The van der Waals surface area contributed by atoms with Gasteiger partial charge in [-0.05, 0) is 24.3 Å². The third-order valence-corrected chi connectivity index (χ3v) is 5.21. The van der Waals surface area contributed by atoms with Crippen molar-refractivity contribution in [3.8, 4) is 0 Å². The van der Waals surface area contributed by atoms with E-state index in [4.69, 9.17) is 34.8 Å². The number of carbonyl (C=O) groups excluding carboxylic acids is 1. The first-order chi connectivity index (χ1) is 10.8. The van der Waals surface area contributed by atoms with Gasteiger partial charge in [-0.3, -0.25) is 4.79 Å². The van der Waals surface area contributed by atoms with Crippen LogP contribution in [-0.4, -0.2) is 20.9 Å². The second-order valence-electron chi connectivity index (χ2n) is 4.43. The van der Waals surface area contributed by atoms with Gasteiger partial charge in [0.25, 0.3) is 0 Å². The van der Waals surface area contributed by atoms with Gasteiger partial charge >= 0.3 is 0 Å². The molecular formula is C14H11Cl3N2O3S. The van der Waals surface area contributed by atoms with Crippen LogP contribution in [0.15, 0.2) is 47.4 Å². The van der Waals surface area contributed by atoms with E-state index in [1.54, 1.807) is 18.2 Å². The molecule has 2 rings (SSSR count). The van der Waals surface area contributed by atoms with Gasteiger partial charge in [0.15, 0.2) is 0 Å². The molecule has 0 aliphatic rings. The first-order valence-corrected chi connectivity index (χ1v) is 8.90. The minimum absolute atomic E-state index is 0.0698. The molecule has 0 aliphatic heterocycles. The van der Waals surface area contributed by atoms with Crippen LogP contribution in [0.1, 0.15) is 0 Å². The summed E-state index contributed by atoms with van der Waals surface area (Å²) in [5.41, 5.74) is 0.241. The zero-order valence-electron chi connectivity index (χ0n) is 11.5. The van der Waals surface area contributed by atoms with Crippen LogP contribution in [0.4, 0.5) is 5.69 Å². The molecule has 122 valence electrons. The van der Waals surface area contributed by atoms with Gasteiger partial charge in [0, 0.05) is 0 Å². The average Bonchev–Trinajstić information content (AvgIpc) is 2.52. The van der Waals surface area contributed by atoms with Crippen LogP contribution >= 0.6 is 34.8 Å². The van der Waals surface area contributed by atoms with Crippen molar-refractivity contribution in [1.29, 1.82) is 0 Å². The second-order valence-corrected chi connectivity index (χ2v) is 7.42. The molecule has 2 aromatic rings. The summed E-state index contributed by atoms with van der Waals surface area (Å²) < 4.78 is 26.2. The quantitative estimate of drug-likeness (QED) is 0.763. The molecule has 5 nitrogen and oxygen atoms in total. The Balaban J connectivity index is 2.02. The highest BCUT2D eigenvalue weighted by atomic mass is 35.5. The molecular weight excluding hydrogens is 383 g/mol. The fourth-order valence-corrected chi connectivity index (χ4v) is 3.25. The molecule has 0 saturated heterocycles. The molecule has 0 aromatic heterocycles. The molecule has 23 heavy (non-hydrogen) atoms. The second kappa shape index (κ2) is 7.51. The minimum Gasteiger partial charge on any atom is -0.324 e. The lowest BCUT2D eigenvalue weighted by atomic mass is 10.3. The number of benzene rings is 2. The fourth-order valence-electron chi connectivity index (χ4n) is 1.66. The van der Waals surface area contributed by atoms with Gasteiger partial charge < -0.3 is 5.32 Å². The van der Waals surface area contributed by atoms with E-state index < -0.39 is 22.5 Å². The average molecular weight is 394 g/mol. The van der Waals surface area contributed by atoms with Crippen molar-refractivity contribution in [3.05, 3.63) is 57.5 Å². The van der Waals surface area contributed by atoms with E-state index in [2.05, 4.69) is 10.0 Å². The summed E-state index contributed by atoms with van der Waals surface area (Å²) in [7, 11) is -3.76. The Hall–Kier alpha value is -1.31. The van der Waals surface area contributed by atoms with Gasteiger partial charge in [0.1, 0.15) is 0 Å². The Kier molecular flexibility index (Phi) is 5.89. The summed E-state index contributed by atoms with van der Waals surface area (Å²) in [6.45, 7) is -0.451. The van der Waals surface area contributed by atoms with Gasteiger partial charge in [-0.1, -0.05) is 53.0 Å². The number of anilines is 1. The Morgan fingerprint density at radius 1 is 0.957 bits per heavy atom. The van der Waals surface area contributed by atoms with Crippen LogP contribution < -0.4 is 10.0 Å². The lowest BCUT2D eigenvalue weighted by Crippen LogP contribution is -2.32. The molecule has 2 aromatic carbocycles. The van der Waals surface area contributed by atoms with Crippen molar-refractivity contribution in [2.24, 2.45) is 0 Å². The lowest BCUT2D eigenvalue weighted by Gasteiger charge is -2.10. The molecule has 0 spiro atoms. The number of halogens is 3. The van der Waals surface area contributed by atoms with Gasteiger partial charge in [0.05, 0.1) is 32.2 Å².